The molecule has 1 aromatic heterocycles. The summed E-state index contributed by atoms with van der Waals surface area (Å²) in [4.78, 5) is 48.0. The fraction of sp³-hybridized carbons (Fsp3) is 0.286. The number of hydrogen-bond donors (Lipinski definition) is 2. The summed E-state index contributed by atoms with van der Waals surface area (Å²) in [5.41, 5.74) is -0.189. The van der Waals surface area contributed by atoms with Crippen molar-refractivity contribution in [3.63, 3.8) is 0 Å². The molecule has 59 heavy (non-hydrogen) atoms. The molecule has 1 aliphatic rings. The van der Waals surface area contributed by atoms with Crippen LogP contribution in [-0.4, -0.2) is 39.8 Å². The van der Waals surface area contributed by atoms with Gasteiger partial charge in [0.2, 0.25) is 11.8 Å². The Morgan fingerprint density at radius 2 is 1.27 bits per heavy atom. The van der Waals surface area contributed by atoms with Crippen LogP contribution >= 0.6 is 34.8 Å². The number of aromatic nitrogens is 1. The molecule has 0 atom stereocenters. The average Bonchev–Trinajstić information content (AvgIpc) is 3.93. The number of rotatable bonds is 11. The SMILES string of the molecule is CC(C)(C(=O)NCc1ccc(Cl)c(C(=O)Cl)c1)C(F)(F)F.Cn1c(-c2ccc(F)cc2)cc2cc(CC(=O)c3cc(CNC(=O)C4(C(F)(F)F)CC4)ccc3Cl)ccc21. The normalized spacial score (nSPS) is 13.6. The van der Waals surface area contributed by atoms with Gasteiger partial charge in [-0.05, 0) is 127 Å². The minimum absolute atomic E-state index is 0.0279. The zero-order valence-corrected chi connectivity index (χ0v) is 33.7. The molecule has 0 bridgehead atoms. The lowest BCUT2D eigenvalue weighted by atomic mass is 9.91. The van der Waals surface area contributed by atoms with Gasteiger partial charge < -0.3 is 15.2 Å². The summed E-state index contributed by atoms with van der Waals surface area (Å²) >= 11 is 17.3. The second kappa shape index (κ2) is 17.4. The Kier molecular flexibility index (Phi) is 13.3. The van der Waals surface area contributed by atoms with Crippen molar-refractivity contribution in [1.82, 2.24) is 15.2 Å². The van der Waals surface area contributed by atoms with Gasteiger partial charge >= 0.3 is 12.4 Å². The van der Waals surface area contributed by atoms with E-state index in [1.807, 2.05) is 35.9 Å². The first-order valence-electron chi connectivity index (χ1n) is 17.8. The standard InChI is InChI=1S/C29H23ClF4N2O2.C13H12Cl2F3NO2/c1-36-24-9-3-17(12-20(24)15-25(36)19-4-6-21(31)7-5-19)14-26(37)22-13-18(2-8-23(22)30)16-35-27(38)28(10-11-28)29(32,33)34;1-12(2,13(16,17)18)11(21)19-6-7-3-4-9(14)8(5-7)10(15)20/h2-9,12-13,15H,10-11,14,16H2,1H3,(H,35,38);3-5H,6H2,1-2H3,(H,19,21). The molecule has 2 amide bonds. The molecular weight excluding hydrogens is 850 g/mol. The summed E-state index contributed by atoms with van der Waals surface area (Å²) < 4.78 is 93.0. The molecule has 312 valence electrons. The van der Waals surface area contributed by atoms with Crippen molar-refractivity contribution in [3.05, 3.63) is 129 Å². The van der Waals surface area contributed by atoms with E-state index in [9.17, 15) is 49.9 Å². The van der Waals surface area contributed by atoms with Crippen LogP contribution in [0.5, 0.6) is 0 Å². The number of nitrogens with one attached hydrogen (secondary N) is 2. The molecular formula is C42H35Cl3F7N3O4. The van der Waals surface area contributed by atoms with E-state index >= 15 is 0 Å². The summed E-state index contributed by atoms with van der Waals surface area (Å²) in [7, 11) is 1.91. The minimum Gasteiger partial charge on any atom is -0.351 e. The fourth-order valence-electron chi connectivity index (χ4n) is 6.06. The van der Waals surface area contributed by atoms with Crippen LogP contribution in [0.3, 0.4) is 0 Å². The van der Waals surface area contributed by atoms with Gasteiger partial charge in [-0.3, -0.25) is 19.2 Å². The van der Waals surface area contributed by atoms with Crippen LogP contribution in [0.25, 0.3) is 22.2 Å². The average molecular weight is 885 g/mol. The maximum absolute atomic E-state index is 13.3. The van der Waals surface area contributed by atoms with E-state index < -0.39 is 40.2 Å². The van der Waals surface area contributed by atoms with Gasteiger partial charge in [-0.2, -0.15) is 26.3 Å². The Labute approximate surface area is 348 Å². The number of carbonyl (C=O) groups excluding carboxylic acids is 4. The van der Waals surface area contributed by atoms with E-state index in [0.29, 0.717) is 11.1 Å². The number of fused-ring (bicyclic) bond motifs is 1. The predicted molar refractivity (Wildman–Crippen MR) is 211 cm³/mol. The lowest BCUT2D eigenvalue weighted by molar-refractivity contribution is -0.211. The molecule has 0 aliphatic heterocycles. The van der Waals surface area contributed by atoms with E-state index in [2.05, 4.69) is 10.6 Å². The zero-order chi connectivity index (χ0) is 43.7. The molecule has 1 fully saturated rings. The third-order valence-electron chi connectivity index (χ3n) is 10.1. The number of ketones is 1. The topological polar surface area (TPSA) is 97.3 Å². The van der Waals surface area contributed by atoms with E-state index in [1.54, 1.807) is 18.2 Å². The summed E-state index contributed by atoms with van der Waals surface area (Å²) in [6, 6.07) is 22.6. The van der Waals surface area contributed by atoms with Crippen molar-refractivity contribution in [3.8, 4) is 11.3 Å². The summed E-state index contributed by atoms with van der Waals surface area (Å²) in [5, 5.41) is 5.00. The Bertz CT molecular complexity index is 2420. The highest BCUT2D eigenvalue weighted by molar-refractivity contribution is 6.68. The number of nitrogens with zero attached hydrogens (tertiary/aromatic N) is 1. The Hall–Kier alpha value is -4.92. The van der Waals surface area contributed by atoms with Crippen LogP contribution in [0.2, 0.25) is 10.0 Å². The minimum atomic E-state index is -4.66. The number of alkyl halides is 6. The highest BCUT2D eigenvalue weighted by atomic mass is 35.5. The van der Waals surface area contributed by atoms with Crippen molar-refractivity contribution >= 4 is 68.5 Å². The van der Waals surface area contributed by atoms with Gasteiger partial charge in [0.15, 0.2) is 5.78 Å². The third kappa shape index (κ3) is 10.1. The van der Waals surface area contributed by atoms with Gasteiger partial charge in [-0.25, -0.2) is 4.39 Å². The van der Waals surface area contributed by atoms with Crippen molar-refractivity contribution < 1.29 is 49.9 Å². The Morgan fingerprint density at radius 1 is 0.729 bits per heavy atom. The molecule has 17 heteroatoms. The molecule has 0 radical (unpaired) electrons. The largest absolute Gasteiger partial charge is 0.403 e. The first kappa shape index (κ1) is 45.2. The van der Waals surface area contributed by atoms with Crippen molar-refractivity contribution in [2.24, 2.45) is 17.9 Å². The first-order chi connectivity index (χ1) is 27.4. The quantitative estimate of drug-likeness (QED) is 0.0784. The van der Waals surface area contributed by atoms with Gasteiger partial charge in [0.25, 0.3) is 5.24 Å². The molecule has 4 aromatic carbocycles. The number of hydrogen-bond acceptors (Lipinski definition) is 4. The summed E-state index contributed by atoms with van der Waals surface area (Å²) in [6.07, 6.45) is -9.62. The van der Waals surface area contributed by atoms with Gasteiger partial charge in [-0.1, -0.05) is 41.4 Å². The number of aryl methyl sites for hydroxylation is 1. The first-order valence-corrected chi connectivity index (χ1v) is 18.9. The van der Waals surface area contributed by atoms with Crippen molar-refractivity contribution in [1.29, 1.82) is 0 Å². The van der Waals surface area contributed by atoms with Crippen molar-refractivity contribution in [2.45, 2.75) is 58.6 Å². The maximum Gasteiger partial charge on any atom is 0.403 e. The number of amides is 2. The zero-order valence-electron chi connectivity index (χ0n) is 31.5. The lowest BCUT2D eigenvalue weighted by Crippen LogP contribution is -2.46. The molecule has 2 N–H and O–H groups in total. The van der Waals surface area contributed by atoms with Crippen LogP contribution < -0.4 is 10.6 Å². The van der Waals surface area contributed by atoms with Crippen LogP contribution in [-0.2, 0) is 36.1 Å². The lowest BCUT2D eigenvalue weighted by Gasteiger charge is -2.26. The molecule has 5 aromatic rings. The second-order valence-electron chi connectivity index (χ2n) is 14.6. The van der Waals surface area contributed by atoms with E-state index in [-0.39, 0.29) is 65.1 Å². The van der Waals surface area contributed by atoms with Crippen LogP contribution in [0, 0.1) is 16.6 Å². The highest BCUT2D eigenvalue weighted by Crippen LogP contribution is 2.57. The van der Waals surface area contributed by atoms with Crippen molar-refractivity contribution in [2.75, 3.05) is 0 Å². The maximum atomic E-state index is 13.3. The van der Waals surface area contributed by atoms with Gasteiger partial charge in [0.05, 0.1) is 15.6 Å². The summed E-state index contributed by atoms with van der Waals surface area (Å²) in [5.74, 6) is -2.79. The number of halogens is 10. The van der Waals surface area contributed by atoms with Gasteiger partial charge in [-0.15, -0.1) is 0 Å². The molecule has 7 nitrogen and oxygen atoms in total. The Morgan fingerprint density at radius 3 is 1.81 bits per heavy atom. The van der Waals surface area contributed by atoms with E-state index in [4.69, 9.17) is 34.8 Å². The number of Topliss-reactive ketones (excluding diaryl/α,β-unsaturated/α-hetero) is 1. The molecule has 1 saturated carbocycles. The smallest absolute Gasteiger partial charge is 0.351 e. The molecule has 1 heterocycles. The van der Waals surface area contributed by atoms with Gasteiger partial charge in [0.1, 0.15) is 16.6 Å². The Balaban J connectivity index is 0.000000268. The molecule has 0 saturated heterocycles. The fourth-order valence-corrected chi connectivity index (χ4v) is 6.70. The molecule has 1 aliphatic carbocycles. The molecule has 6 rings (SSSR count). The van der Waals surface area contributed by atoms with Gasteiger partial charge in [0, 0.05) is 48.7 Å². The monoisotopic (exact) mass is 883 g/mol. The predicted octanol–water partition coefficient (Wildman–Crippen LogP) is 10.9. The van der Waals surface area contributed by atoms with Crippen LogP contribution in [0.4, 0.5) is 30.7 Å². The molecule has 0 unspecified atom stereocenters. The number of carbonyl (C=O) groups is 4. The summed E-state index contributed by atoms with van der Waals surface area (Å²) in [6.45, 7) is 1.26. The van der Waals surface area contributed by atoms with Crippen LogP contribution in [0.15, 0.2) is 84.9 Å². The van der Waals surface area contributed by atoms with E-state index in [1.165, 1.54) is 42.5 Å². The van der Waals surface area contributed by atoms with Crippen LogP contribution in [0.1, 0.15) is 64.1 Å². The van der Waals surface area contributed by atoms with E-state index in [0.717, 1.165) is 41.6 Å². The highest BCUT2D eigenvalue weighted by Gasteiger charge is 2.68. The molecule has 0 spiro atoms. The third-order valence-corrected chi connectivity index (χ3v) is 11.0. The number of benzene rings is 4. The second-order valence-corrected chi connectivity index (χ2v) is 15.7.